The second-order valence-corrected chi connectivity index (χ2v) is 8.89. The molecule has 0 unspecified atom stereocenters. The average molecular weight is 419 g/mol. The highest BCUT2D eigenvalue weighted by Gasteiger charge is 2.15. The Kier molecular flexibility index (Phi) is 7.37. The van der Waals surface area contributed by atoms with Crippen LogP contribution in [-0.4, -0.2) is 38.7 Å². The zero-order valence-electron chi connectivity index (χ0n) is 15.3. The highest BCUT2D eigenvalue weighted by molar-refractivity contribution is 7.99. The van der Waals surface area contributed by atoms with Crippen LogP contribution in [0.5, 0.6) is 0 Å². The fourth-order valence-corrected chi connectivity index (χ4v) is 4.76. The van der Waals surface area contributed by atoms with Gasteiger partial charge in [0.25, 0.3) is 0 Å². The van der Waals surface area contributed by atoms with Gasteiger partial charge in [-0.2, -0.15) is 0 Å². The Morgan fingerprint density at radius 1 is 1.19 bits per heavy atom. The Balaban J connectivity index is 1.43. The van der Waals surface area contributed by atoms with Gasteiger partial charge < -0.3 is 9.88 Å². The number of aryl methyl sites for hydroxylation is 1. The molecular weight excluding hydrogens is 396 g/mol. The molecule has 2 aromatic heterocycles. The number of amides is 1. The number of carbonyl (C=O) groups is 1. The molecule has 0 aliphatic heterocycles. The highest BCUT2D eigenvalue weighted by Crippen LogP contribution is 2.27. The largest absolute Gasteiger partial charge is 0.355 e. The van der Waals surface area contributed by atoms with E-state index in [9.17, 15) is 4.79 Å². The molecule has 0 radical (unpaired) electrons. The third kappa shape index (κ3) is 5.60. The number of thiophene rings is 1. The molecule has 1 N–H and O–H groups in total. The molecule has 5 nitrogen and oxygen atoms in total. The van der Waals surface area contributed by atoms with Crippen LogP contribution in [0.25, 0.3) is 10.7 Å². The lowest BCUT2D eigenvalue weighted by Gasteiger charge is -2.07. The molecule has 0 atom stereocenters. The summed E-state index contributed by atoms with van der Waals surface area (Å²) < 4.78 is 2.05. The monoisotopic (exact) mass is 418 g/mol. The number of nitrogens with one attached hydrogen (secondary N) is 1. The molecule has 0 bridgehead atoms. The molecule has 0 spiro atoms. The molecule has 0 aliphatic rings. The standard InChI is InChI=1S/C19H22N4OS3/c1-3-23-18(16-5-4-11-26-16)21-22-19(23)27-13-17(24)20-10-12-25-15-8-6-14(2)7-9-15/h4-9,11H,3,10,12-13H2,1-2H3,(H,20,24). The zero-order chi connectivity index (χ0) is 19.1. The van der Waals surface area contributed by atoms with Crippen molar-refractivity contribution in [3.63, 3.8) is 0 Å². The first-order valence-electron chi connectivity index (χ1n) is 8.73. The fourth-order valence-electron chi connectivity index (χ4n) is 2.44. The Labute approximate surface area is 172 Å². The van der Waals surface area contributed by atoms with Gasteiger partial charge in [0.1, 0.15) is 0 Å². The summed E-state index contributed by atoms with van der Waals surface area (Å²) in [6, 6.07) is 12.5. The number of hydrogen-bond donors (Lipinski definition) is 1. The topological polar surface area (TPSA) is 59.8 Å². The predicted molar refractivity (Wildman–Crippen MR) is 115 cm³/mol. The molecule has 1 amide bonds. The Bertz CT molecular complexity index is 860. The van der Waals surface area contributed by atoms with Crippen molar-refractivity contribution < 1.29 is 4.79 Å². The van der Waals surface area contributed by atoms with Crippen LogP contribution < -0.4 is 5.32 Å². The van der Waals surface area contributed by atoms with Gasteiger partial charge in [-0.15, -0.1) is 33.3 Å². The number of aromatic nitrogens is 3. The number of thioether (sulfide) groups is 2. The molecule has 3 aromatic rings. The van der Waals surface area contributed by atoms with Gasteiger partial charge in [0, 0.05) is 23.7 Å². The van der Waals surface area contributed by atoms with Crippen molar-refractivity contribution in [3.8, 4) is 10.7 Å². The quantitative estimate of drug-likeness (QED) is 0.414. The molecule has 27 heavy (non-hydrogen) atoms. The van der Waals surface area contributed by atoms with E-state index < -0.39 is 0 Å². The van der Waals surface area contributed by atoms with Crippen LogP contribution in [0.1, 0.15) is 12.5 Å². The summed E-state index contributed by atoms with van der Waals surface area (Å²) in [7, 11) is 0. The van der Waals surface area contributed by atoms with E-state index >= 15 is 0 Å². The van der Waals surface area contributed by atoms with Crippen LogP contribution in [0.3, 0.4) is 0 Å². The first-order valence-corrected chi connectivity index (χ1v) is 11.6. The number of rotatable bonds is 9. The summed E-state index contributed by atoms with van der Waals surface area (Å²) in [4.78, 5) is 14.4. The molecule has 3 rings (SSSR count). The minimum atomic E-state index is 0.0211. The maximum atomic E-state index is 12.1. The molecular formula is C19H22N4OS3. The SMILES string of the molecule is CCn1c(SCC(=O)NCCSc2ccc(C)cc2)nnc1-c1cccs1. The van der Waals surface area contributed by atoms with E-state index in [0.29, 0.717) is 12.3 Å². The Morgan fingerprint density at radius 3 is 2.70 bits per heavy atom. The summed E-state index contributed by atoms with van der Waals surface area (Å²) >= 11 is 4.82. The van der Waals surface area contributed by atoms with Crippen LogP contribution in [0, 0.1) is 6.92 Å². The first kappa shape index (κ1) is 20.0. The fraction of sp³-hybridized carbons (Fsp3) is 0.316. The van der Waals surface area contributed by atoms with Gasteiger partial charge in [0.15, 0.2) is 11.0 Å². The molecule has 142 valence electrons. The van der Waals surface area contributed by atoms with E-state index in [1.54, 1.807) is 23.1 Å². The first-order chi connectivity index (χ1) is 13.2. The van der Waals surface area contributed by atoms with Gasteiger partial charge in [-0.3, -0.25) is 4.79 Å². The summed E-state index contributed by atoms with van der Waals surface area (Å²) in [5.41, 5.74) is 1.26. The van der Waals surface area contributed by atoms with Crippen molar-refractivity contribution in [1.82, 2.24) is 20.1 Å². The second-order valence-electron chi connectivity index (χ2n) is 5.83. The molecule has 0 aliphatic carbocycles. The van der Waals surface area contributed by atoms with Crippen LogP contribution >= 0.6 is 34.9 Å². The summed E-state index contributed by atoms with van der Waals surface area (Å²) in [5.74, 6) is 2.09. The maximum absolute atomic E-state index is 12.1. The van der Waals surface area contributed by atoms with Crippen molar-refractivity contribution in [1.29, 1.82) is 0 Å². The summed E-state index contributed by atoms with van der Waals surface area (Å²) in [6.45, 7) is 5.57. The number of nitrogens with zero attached hydrogens (tertiary/aromatic N) is 3. The predicted octanol–water partition coefficient (Wildman–Crippen LogP) is 4.34. The van der Waals surface area contributed by atoms with Crippen LogP contribution in [-0.2, 0) is 11.3 Å². The Hall–Kier alpha value is -1.77. The lowest BCUT2D eigenvalue weighted by Crippen LogP contribution is -2.27. The normalized spacial score (nSPS) is 10.9. The molecule has 2 heterocycles. The van der Waals surface area contributed by atoms with Gasteiger partial charge >= 0.3 is 0 Å². The molecule has 0 saturated heterocycles. The van der Waals surface area contributed by atoms with Crippen molar-refractivity contribution in [2.75, 3.05) is 18.1 Å². The highest BCUT2D eigenvalue weighted by atomic mass is 32.2. The lowest BCUT2D eigenvalue weighted by atomic mass is 10.2. The van der Waals surface area contributed by atoms with Crippen molar-refractivity contribution in [3.05, 3.63) is 47.3 Å². The summed E-state index contributed by atoms with van der Waals surface area (Å²) in [6.07, 6.45) is 0. The smallest absolute Gasteiger partial charge is 0.230 e. The molecule has 8 heteroatoms. The van der Waals surface area contributed by atoms with Gasteiger partial charge in [0.2, 0.25) is 5.91 Å². The van der Waals surface area contributed by atoms with Crippen molar-refractivity contribution in [2.24, 2.45) is 0 Å². The maximum Gasteiger partial charge on any atom is 0.230 e. The lowest BCUT2D eigenvalue weighted by molar-refractivity contribution is -0.118. The number of hydrogen-bond acceptors (Lipinski definition) is 6. The van der Waals surface area contributed by atoms with Crippen LogP contribution in [0.15, 0.2) is 51.8 Å². The van der Waals surface area contributed by atoms with Crippen molar-refractivity contribution >= 4 is 40.8 Å². The van der Waals surface area contributed by atoms with E-state index in [0.717, 1.165) is 28.2 Å². The van der Waals surface area contributed by atoms with Gasteiger partial charge in [-0.25, -0.2) is 0 Å². The minimum Gasteiger partial charge on any atom is -0.355 e. The van der Waals surface area contributed by atoms with Gasteiger partial charge in [0.05, 0.1) is 10.6 Å². The van der Waals surface area contributed by atoms with E-state index in [1.165, 1.54) is 22.2 Å². The number of carbonyl (C=O) groups excluding carboxylic acids is 1. The third-order valence-electron chi connectivity index (χ3n) is 3.82. The van der Waals surface area contributed by atoms with Crippen LogP contribution in [0.4, 0.5) is 0 Å². The second kappa shape index (κ2) is 9.96. The van der Waals surface area contributed by atoms with Crippen LogP contribution in [0.2, 0.25) is 0 Å². The van der Waals surface area contributed by atoms with Gasteiger partial charge in [-0.05, 0) is 37.4 Å². The number of benzene rings is 1. The van der Waals surface area contributed by atoms with E-state index in [2.05, 4.69) is 58.2 Å². The summed E-state index contributed by atoms with van der Waals surface area (Å²) in [5, 5.41) is 14.3. The molecule has 0 fully saturated rings. The zero-order valence-corrected chi connectivity index (χ0v) is 17.8. The minimum absolute atomic E-state index is 0.0211. The van der Waals surface area contributed by atoms with E-state index in [1.807, 2.05) is 17.5 Å². The van der Waals surface area contributed by atoms with E-state index in [4.69, 9.17) is 0 Å². The van der Waals surface area contributed by atoms with Crippen molar-refractivity contribution in [2.45, 2.75) is 30.4 Å². The third-order valence-corrected chi connectivity index (χ3v) is 6.67. The van der Waals surface area contributed by atoms with E-state index in [-0.39, 0.29) is 5.91 Å². The average Bonchev–Trinajstić information content (AvgIpc) is 3.34. The Morgan fingerprint density at radius 2 is 2.00 bits per heavy atom. The van der Waals surface area contributed by atoms with Gasteiger partial charge in [-0.1, -0.05) is 35.5 Å². The molecule has 0 saturated carbocycles. The molecule has 1 aromatic carbocycles.